The van der Waals surface area contributed by atoms with Crippen LogP contribution in [-0.2, 0) is 0 Å². The summed E-state index contributed by atoms with van der Waals surface area (Å²) in [6.45, 7) is 0. The monoisotopic (exact) mass is 635 g/mol. The van der Waals surface area contributed by atoms with E-state index in [1.165, 1.54) is 0 Å². The lowest BCUT2D eigenvalue weighted by Gasteiger charge is -2.20. The minimum absolute atomic E-state index is 0.0468. The third-order valence-corrected chi connectivity index (χ3v) is 9.14. The van der Waals surface area contributed by atoms with Gasteiger partial charge in [0.05, 0.1) is 17.8 Å². The average Bonchev–Trinajstić information content (AvgIpc) is 3.67. The summed E-state index contributed by atoms with van der Waals surface area (Å²) in [7, 11) is 0. The SMILES string of the molecule is [2H]c1c([2H])c([2H])c(-c2c([2H])c([2H])c(-c3c([2H])c([2H])c([2H])c([2H])c3-c3c4ccccc4c(-c4ccc5oc6c7ccccc7ccc6c5c4)c4ccccc34)c([2H])c2[2H])c([2H])c1[2H]. The zero-order chi connectivity index (χ0) is 43.6. The van der Waals surface area contributed by atoms with Crippen LogP contribution in [0.25, 0.3) is 98.8 Å². The van der Waals surface area contributed by atoms with Gasteiger partial charge in [-0.05, 0) is 89.6 Å². The van der Waals surface area contributed by atoms with Gasteiger partial charge in [-0.15, -0.1) is 0 Å². The van der Waals surface area contributed by atoms with Gasteiger partial charge in [-0.25, -0.2) is 0 Å². The lowest BCUT2D eigenvalue weighted by atomic mass is 9.83. The molecule has 0 atom stereocenters. The fraction of sp³-hybridized carbons (Fsp3) is 0. The highest BCUT2D eigenvalue weighted by Gasteiger charge is 2.20. The molecule has 1 aromatic heterocycles. The van der Waals surface area contributed by atoms with Crippen molar-refractivity contribution in [3.63, 3.8) is 0 Å². The van der Waals surface area contributed by atoms with E-state index in [2.05, 4.69) is 18.2 Å². The number of fused-ring (bicyclic) bond motifs is 7. The summed E-state index contributed by atoms with van der Waals surface area (Å²) in [6, 6.07) is 24.4. The normalized spacial score (nSPS) is 15.4. The molecule has 0 saturated carbocycles. The van der Waals surface area contributed by atoms with Gasteiger partial charge >= 0.3 is 0 Å². The summed E-state index contributed by atoms with van der Waals surface area (Å²) >= 11 is 0. The molecule has 49 heavy (non-hydrogen) atoms. The fourth-order valence-electron chi connectivity index (χ4n) is 6.99. The molecule has 0 fully saturated rings. The predicted octanol–water partition coefficient (Wildman–Crippen LogP) is 13.7. The molecular formula is C48H30O. The van der Waals surface area contributed by atoms with Crippen molar-refractivity contribution in [1.29, 1.82) is 0 Å². The first-order valence-corrected chi connectivity index (χ1v) is 15.8. The van der Waals surface area contributed by atoms with Gasteiger partial charge in [0, 0.05) is 16.2 Å². The smallest absolute Gasteiger partial charge is 0.143 e. The van der Waals surface area contributed by atoms with E-state index < -0.39 is 95.2 Å². The fourth-order valence-corrected chi connectivity index (χ4v) is 6.99. The second kappa shape index (κ2) is 11.1. The molecule has 9 aromatic carbocycles. The van der Waals surface area contributed by atoms with Crippen molar-refractivity contribution in [3.8, 4) is 44.5 Å². The Morgan fingerprint density at radius 3 is 1.65 bits per heavy atom. The van der Waals surface area contributed by atoms with E-state index in [1.54, 1.807) is 0 Å². The molecule has 0 aliphatic rings. The van der Waals surface area contributed by atoms with Gasteiger partial charge < -0.3 is 4.42 Å². The summed E-state index contributed by atoms with van der Waals surface area (Å²) in [6.07, 6.45) is 0. The Balaban J connectivity index is 1.29. The maximum Gasteiger partial charge on any atom is 0.143 e. The molecule has 0 spiro atoms. The van der Waals surface area contributed by atoms with Crippen LogP contribution in [0, 0.1) is 0 Å². The molecular weight excluding hydrogens is 593 g/mol. The quantitative estimate of drug-likeness (QED) is 0.175. The first-order valence-electron chi connectivity index (χ1n) is 22.3. The third-order valence-electron chi connectivity index (χ3n) is 9.14. The van der Waals surface area contributed by atoms with Crippen LogP contribution in [0.4, 0.5) is 0 Å². The van der Waals surface area contributed by atoms with E-state index in [0.29, 0.717) is 21.9 Å². The minimum Gasteiger partial charge on any atom is -0.455 e. The molecule has 0 bridgehead atoms. The number of hydrogen-bond donors (Lipinski definition) is 0. The van der Waals surface area contributed by atoms with Crippen molar-refractivity contribution in [2.75, 3.05) is 0 Å². The van der Waals surface area contributed by atoms with Crippen molar-refractivity contribution in [2.45, 2.75) is 0 Å². The van der Waals surface area contributed by atoms with Gasteiger partial charge in [-0.2, -0.15) is 0 Å². The van der Waals surface area contributed by atoms with E-state index in [-0.39, 0.29) is 11.1 Å². The molecule has 228 valence electrons. The molecule has 0 aliphatic carbocycles. The van der Waals surface area contributed by atoms with Crippen LogP contribution in [0.2, 0.25) is 0 Å². The maximum atomic E-state index is 9.46. The maximum absolute atomic E-state index is 9.46. The highest BCUT2D eigenvalue weighted by Crippen LogP contribution is 2.47. The zero-order valence-electron chi connectivity index (χ0n) is 38.7. The van der Waals surface area contributed by atoms with Gasteiger partial charge in [0.15, 0.2) is 0 Å². The Kier molecular flexibility index (Phi) is 3.99. The number of hydrogen-bond acceptors (Lipinski definition) is 1. The Hall–Kier alpha value is -6.44. The van der Waals surface area contributed by atoms with E-state index >= 15 is 0 Å². The standard InChI is InChI=1S/C48H30O/c1-2-12-31(13-3-1)32-22-24-34(25-23-32)36-15-6-7-17-38(36)47-41-20-10-8-18-39(41)46(40-19-9-11-21-42(40)47)35-27-29-45-44(30-35)43-28-26-33-14-4-5-16-37(33)48(43)49-45/h1-30H/i1D,2D,3D,6D,7D,12D,13D,15D,17D,22D,23D,24D,25D. The number of benzene rings is 9. The minimum atomic E-state index is -0.738. The molecule has 1 nitrogen and oxygen atoms in total. The molecule has 0 N–H and O–H groups in total. The summed E-state index contributed by atoms with van der Waals surface area (Å²) in [5, 5.41) is 6.60. The van der Waals surface area contributed by atoms with Gasteiger partial charge in [0.25, 0.3) is 0 Å². The van der Waals surface area contributed by atoms with E-state index in [1.807, 2.05) is 84.9 Å². The molecule has 0 aliphatic heterocycles. The van der Waals surface area contributed by atoms with Gasteiger partial charge in [-0.3, -0.25) is 0 Å². The van der Waals surface area contributed by atoms with Crippen molar-refractivity contribution < 1.29 is 22.2 Å². The average molecular weight is 636 g/mol. The summed E-state index contributed by atoms with van der Waals surface area (Å²) < 4.78 is 121. The van der Waals surface area contributed by atoms with Crippen molar-refractivity contribution in [1.82, 2.24) is 0 Å². The van der Waals surface area contributed by atoms with Crippen molar-refractivity contribution in [3.05, 3.63) is 182 Å². The Bertz CT molecular complexity index is 3510. The van der Waals surface area contributed by atoms with Gasteiger partial charge in [0.2, 0.25) is 0 Å². The van der Waals surface area contributed by atoms with Crippen LogP contribution in [0.3, 0.4) is 0 Å². The van der Waals surface area contributed by atoms with Gasteiger partial charge in [-0.1, -0.05) is 163 Å². The van der Waals surface area contributed by atoms with Crippen LogP contribution in [-0.4, -0.2) is 0 Å². The first kappa shape index (κ1) is 17.6. The Morgan fingerprint density at radius 1 is 0.367 bits per heavy atom. The highest BCUT2D eigenvalue weighted by molar-refractivity contribution is 6.23. The second-order valence-corrected chi connectivity index (χ2v) is 11.8. The molecule has 10 rings (SSSR count). The summed E-state index contributed by atoms with van der Waals surface area (Å²) in [5.74, 6) is 0. The topological polar surface area (TPSA) is 13.1 Å². The first-order chi connectivity index (χ1) is 29.7. The lowest BCUT2D eigenvalue weighted by Crippen LogP contribution is -1.92. The molecule has 0 amide bonds. The molecule has 0 radical (unpaired) electrons. The van der Waals surface area contributed by atoms with E-state index in [0.717, 1.165) is 49.0 Å². The third kappa shape index (κ3) is 4.40. The number of rotatable bonds is 4. The molecule has 1 heterocycles. The molecule has 10 aromatic rings. The molecule has 0 saturated heterocycles. The molecule has 1 heteroatoms. The van der Waals surface area contributed by atoms with Crippen LogP contribution >= 0.6 is 0 Å². The largest absolute Gasteiger partial charge is 0.455 e. The summed E-state index contributed by atoms with van der Waals surface area (Å²) in [4.78, 5) is 0. The van der Waals surface area contributed by atoms with Crippen molar-refractivity contribution in [2.24, 2.45) is 0 Å². The highest BCUT2D eigenvalue weighted by atomic mass is 16.3. The summed E-state index contributed by atoms with van der Waals surface area (Å²) in [5.41, 5.74) is 1.80. The van der Waals surface area contributed by atoms with E-state index in [9.17, 15) is 5.48 Å². The zero-order valence-corrected chi connectivity index (χ0v) is 25.7. The van der Waals surface area contributed by atoms with Crippen LogP contribution < -0.4 is 0 Å². The Morgan fingerprint density at radius 2 is 0.939 bits per heavy atom. The van der Waals surface area contributed by atoms with Crippen LogP contribution in [0.5, 0.6) is 0 Å². The second-order valence-electron chi connectivity index (χ2n) is 11.8. The van der Waals surface area contributed by atoms with Crippen LogP contribution in [0.15, 0.2) is 186 Å². The van der Waals surface area contributed by atoms with E-state index in [4.69, 9.17) is 16.8 Å². The van der Waals surface area contributed by atoms with Crippen molar-refractivity contribution >= 4 is 54.3 Å². The molecule has 0 unspecified atom stereocenters. The lowest BCUT2D eigenvalue weighted by molar-refractivity contribution is 0.672. The van der Waals surface area contributed by atoms with Gasteiger partial charge in [0.1, 0.15) is 11.2 Å². The predicted molar refractivity (Wildman–Crippen MR) is 208 cm³/mol. The van der Waals surface area contributed by atoms with Crippen LogP contribution in [0.1, 0.15) is 17.8 Å². The Labute approximate surface area is 302 Å². The number of furan rings is 1.